The van der Waals surface area contributed by atoms with Crippen LogP contribution in [0.2, 0.25) is 0 Å². The molecule has 4 heterocycles. The summed E-state index contributed by atoms with van der Waals surface area (Å²) in [4.78, 5) is 17.2. The first kappa shape index (κ1) is 29.2. The molecular weight excluding hydrogens is 622 g/mol. The third-order valence-electron chi connectivity index (χ3n) is 8.43. The van der Waals surface area contributed by atoms with Gasteiger partial charge in [0.15, 0.2) is 0 Å². The number of amides is 1. The van der Waals surface area contributed by atoms with E-state index in [0.717, 1.165) is 39.2 Å². The van der Waals surface area contributed by atoms with Crippen molar-refractivity contribution in [3.8, 4) is 22.4 Å². The molecule has 10 heteroatoms. The Hall–Kier alpha value is -6.26. The third kappa shape index (κ3) is 5.04. The lowest BCUT2D eigenvalue weighted by Gasteiger charge is -2.36. The van der Waals surface area contributed by atoms with Crippen LogP contribution in [-0.4, -0.2) is 35.3 Å². The number of pyridine rings is 1. The maximum absolute atomic E-state index is 15.3. The Morgan fingerprint density at radius 2 is 1.38 bits per heavy atom. The van der Waals surface area contributed by atoms with E-state index >= 15 is 4.39 Å². The van der Waals surface area contributed by atoms with Crippen LogP contribution >= 0.6 is 11.3 Å². The number of imidazole rings is 1. The van der Waals surface area contributed by atoms with Gasteiger partial charge in [0.2, 0.25) is 5.13 Å². The molecule has 4 aromatic carbocycles. The number of hydrogen-bond acceptors (Lipinski definition) is 6. The largest absolute Gasteiger partial charge is 0.299 e. The van der Waals surface area contributed by atoms with Crippen molar-refractivity contribution >= 4 is 28.0 Å². The predicted octanol–water partition coefficient (Wildman–Crippen LogP) is 7.95. The molecule has 0 unspecified atom stereocenters. The molecule has 8 nitrogen and oxygen atoms in total. The molecule has 232 valence electrons. The number of anilines is 1. The Balaban J connectivity index is 1.20. The number of nitrogens with one attached hydrogen (secondary N) is 1. The average Bonchev–Trinajstić information content (AvgIpc) is 3.92. The van der Waals surface area contributed by atoms with Gasteiger partial charge in [0.05, 0.1) is 23.7 Å². The summed E-state index contributed by atoms with van der Waals surface area (Å²) in [6, 6.07) is 39.6. The van der Waals surface area contributed by atoms with Crippen LogP contribution in [0.5, 0.6) is 0 Å². The summed E-state index contributed by atoms with van der Waals surface area (Å²) >= 11 is 1.16. The van der Waals surface area contributed by atoms with Gasteiger partial charge in [0.1, 0.15) is 22.5 Å². The molecule has 0 saturated carbocycles. The van der Waals surface area contributed by atoms with Crippen molar-refractivity contribution in [2.24, 2.45) is 0 Å². The van der Waals surface area contributed by atoms with Gasteiger partial charge in [0, 0.05) is 29.1 Å². The molecule has 8 rings (SSSR count). The third-order valence-corrected chi connectivity index (χ3v) is 9.04. The first-order chi connectivity index (χ1) is 23.6. The highest BCUT2D eigenvalue weighted by Gasteiger charge is 2.39. The van der Waals surface area contributed by atoms with Crippen LogP contribution in [0.1, 0.15) is 27.0 Å². The molecule has 0 aliphatic rings. The summed E-state index contributed by atoms with van der Waals surface area (Å²) in [7, 11) is 0. The van der Waals surface area contributed by atoms with Crippen LogP contribution in [0, 0.1) is 5.82 Å². The first-order valence-corrected chi connectivity index (χ1v) is 16.1. The van der Waals surface area contributed by atoms with E-state index in [4.69, 9.17) is 5.10 Å². The molecular formula is C38H26FN7OS. The number of carbonyl (C=O) groups is 1. The van der Waals surface area contributed by atoms with Crippen molar-refractivity contribution in [2.75, 3.05) is 5.32 Å². The second-order valence-corrected chi connectivity index (χ2v) is 12.0. The highest BCUT2D eigenvalue weighted by molar-refractivity contribution is 7.13. The van der Waals surface area contributed by atoms with E-state index < -0.39 is 17.3 Å². The van der Waals surface area contributed by atoms with E-state index in [9.17, 15) is 4.79 Å². The molecule has 4 aromatic heterocycles. The minimum atomic E-state index is -0.742. The smallest absolute Gasteiger partial charge is 0.260 e. The molecule has 0 aliphatic carbocycles. The molecule has 1 amide bonds. The second-order valence-electron chi connectivity index (χ2n) is 11.2. The van der Waals surface area contributed by atoms with Crippen LogP contribution in [0.25, 0.3) is 28.0 Å². The maximum atomic E-state index is 15.3. The van der Waals surface area contributed by atoms with Gasteiger partial charge in [-0.25, -0.2) is 9.37 Å². The standard InChI is InChI=1S/C38H26FN7OS/c39-33-20-26(16-18-32(33)36(47)43-37-44-41-25-48-37)34-22-40-35-19-17-27(23-45(34)35)28-21-42-46(24-28)38(29-10-4-1-5-11-29,30-12-6-2-7-13-30)31-14-8-3-9-15-31/h1-25H,(H,43,44,47). The van der Waals surface area contributed by atoms with Crippen LogP contribution in [0.3, 0.4) is 0 Å². The van der Waals surface area contributed by atoms with Gasteiger partial charge in [0.25, 0.3) is 5.91 Å². The number of benzene rings is 4. The lowest BCUT2D eigenvalue weighted by Crippen LogP contribution is -2.38. The maximum Gasteiger partial charge on any atom is 0.260 e. The van der Waals surface area contributed by atoms with Gasteiger partial charge >= 0.3 is 0 Å². The lowest BCUT2D eigenvalue weighted by molar-refractivity contribution is 0.102. The molecule has 0 saturated heterocycles. The summed E-state index contributed by atoms with van der Waals surface area (Å²) in [5.41, 5.74) is 7.66. The highest BCUT2D eigenvalue weighted by atomic mass is 32.1. The summed E-state index contributed by atoms with van der Waals surface area (Å²) < 4.78 is 19.2. The molecule has 0 aliphatic heterocycles. The van der Waals surface area contributed by atoms with Crippen molar-refractivity contribution in [3.63, 3.8) is 0 Å². The molecule has 1 N–H and O–H groups in total. The van der Waals surface area contributed by atoms with Gasteiger partial charge in [-0.3, -0.25) is 19.2 Å². The predicted molar refractivity (Wildman–Crippen MR) is 184 cm³/mol. The summed E-state index contributed by atoms with van der Waals surface area (Å²) in [5.74, 6) is -1.24. The summed E-state index contributed by atoms with van der Waals surface area (Å²) in [6.45, 7) is 0. The van der Waals surface area contributed by atoms with E-state index in [1.54, 1.807) is 12.3 Å². The minimum Gasteiger partial charge on any atom is -0.299 e. The van der Waals surface area contributed by atoms with E-state index in [0.29, 0.717) is 22.0 Å². The van der Waals surface area contributed by atoms with Gasteiger partial charge < -0.3 is 0 Å². The summed E-state index contributed by atoms with van der Waals surface area (Å²) in [6.07, 6.45) is 7.61. The van der Waals surface area contributed by atoms with Crippen LogP contribution in [0.15, 0.2) is 152 Å². The van der Waals surface area contributed by atoms with Crippen molar-refractivity contribution in [2.45, 2.75) is 5.54 Å². The fourth-order valence-electron chi connectivity index (χ4n) is 6.21. The number of hydrogen-bond donors (Lipinski definition) is 1. The Morgan fingerprint density at radius 3 is 1.98 bits per heavy atom. The number of rotatable bonds is 8. The zero-order chi connectivity index (χ0) is 32.5. The van der Waals surface area contributed by atoms with Crippen LogP contribution in [0.4, 0.5) is 9.52 Å². The number of nitrogens with zero attached hydrogens (tertiary/aromatic N) is 6. The Kier molecular flexibility index (Phi) is 7.39. The molecule has 0 fully saturated rings. The van der Waals surface area contributed by atoms with Crippen molar-refractivity contribution in [1.82, 2.24) is 29.4 Å². The topological polar surface area (TPSA) is 90.0 Å². The second kappa shape index (κ2) is 12.2. The van der Waals surface area contributed by atoms with Crippen molar-refractivity contribution in [1.29, 1.82) is 0 Å². The molecule has 0 atom stereocenters. The Labute approximate surface area is 278 Å². The van der Waals surface area contributed by atoms with Crippen molar-refractivity contribution in [3.05, 3.63) is 180 Å². The van der Waals surface area contributed by atoms with Gasteiger partial charge in [-0.2, -0.15) is 5.10 Å². The van der Waals surface area contributed by atoms with Crippen molar-refractivity contribution < 1.29 is 9.18 Å². The van der Waals surface area contributed by atoms with Gasteiger partial charge in [-0.15, -0.1) is 10.2 Å². The van der Waals surface area contributed by atoms with E-state index in [2.05, 4.69) is 99.5 Å². The van der Waals surface area contributed by atoms with Crippen LogP contribution in [-0.2, 0) is 5.54 Å². The lowest BCUT2D eigenvalue weighted by atomic mass is 9.77. The zero-order valence-electron chi connectivity index (χ0n) is 25.3. The average molecular weight is 648 g/mol. The minimum absolute atomic E-state index is 0.0883. The SMILES string of the molecule is O=C(Nc1nncs1)c1ccc(-c2cnc3ccc(-c4cnn(C(c5ccccc5)(c5ccccc5)c5ccccc5)c4)cn23)cc1F. The Bertz CT molecular complexity index is 2260. The number of halogens is 1. The highest BCUT2D eigenvalue weighted by Crippen LogP contribution is 2.41. The normalized spacial score (nSPS) is 11.5. The van der Waals surface area contributed by atoms with Gasteiger partial charge in [-0.1, -0.05) is 108 Å². The van der Waals surface area contributed by atoms with E-state index in [-0.39, 0.29) is 5.56 Å². The quantitative estimate of drug-likeness (QED) is 0.169. The first-order valence-electron chi connectivity index (χ1n) is 15.2. The number of aromatic nitrogens is 6. The summed E-state index contributed by atoms with van der Waals surface area (Å²) in [5, 5.41) is 15.4. The van der Waals surface area contributed by atoms with E-state index in [1.165, 1.54) is 17.6 Å². The number of fused-ring (bicyclic) bond motifs is 1. The fraction of sp³-hybridized carbons (Fsp3) is 0.0263. The van der Waals surface area contributed by atoms with E-state index in [1.807, 2.05) is 51.8 Å². The molecule has 0 radical (unpaired) electrons. The van der Waals surface area contributed by atoms with Crippen LogP contribution < -0.4 is 5.32 Å². The zero-order valence-corrected chi connectivity index (χ0v) is 26.1. The number of carbonyl (C=O) groups excluding carboxylic acids is 1. The van der Waals surface area contributed by atoms with Gasteiger partial charge in [-0.05, 0) is 41.0 Å². The molecule has 8 aromatic rings. The molecule has 48 heavy (non-hydrogen) atoms. The molecule has 0 spiro atoms. The Morgan fingerprint density at radius 1 is 0.729 bits per heavy atom. The molecule has 0 bridgehead atoms. The monoisotopic (exact) mass is 647 g/mol. The fourth-order valence-corrected chi connectivity index (χ4v) is 6.65.